The molecule has 0 aromatic carbocycles. The summed E-state index contributed by atoms with van der Waals surface area (Å²) in [6.45, 7) is 4.51. The number of rotatable bonds is 4. The number of nitrogens with two attached hydrogens (primary N) is 1. The van der Waals surface area contributed by atoms with E-state index in [4.69, 9.17) is 5.73 Å². The van der Waals surface area contributed by atoms with Crippen molar-refractivity contribution in [3.05, 3.63) is 0 Å². The molecule has 2 rings (SSSR count). The van der Waals surface area contributed by atoms with Crippen molar-refractivity contribution in [2.24, 2.45) is 17.6 Å². The van der Waals surface area contributed by atoms with Gasteiger partial charge in [-0.25, -0.2) is 0 Å². The summed E-state index contributed by atoms with van der Waals surface area (Å²) in [5.41, 5.74) is 6.38. The Labute approximate surface area is 94.2 Å². The van der Waals surface area contributed by atoms with Crippen LogP contribution in [0.3, 0.4) is 0 Å². The predicted octanol–water partition coefficient (Wildman–Crippen LogP) is 2.24. The van der Waals surface area contributed by atoms with E-state index in [1.807, 2.05) is 0 Å². The number of nitrogens with zero attached hydrogens (tertiary/aromatic N) is 1. The quantitative estimate of drug-likeness (QED) is 0.771. The fourth-order valence-electron chi connectivity index (χ4n) is 3.50. The zero-order chi connectivity index (χ0) is 10.9. The Kier molecular flexibility index (Phi) is 3.36. The van der Waals surface area contributed by atoms with Gasteiger partial charge in [-0.1, -0.05) is 19.8 Å². The van der Waals surface area contributed by atoms with Crippen molar-refractivity contribution in [1.29, 1.82) is 0 Å². The summed E-state index contributed by atoms with van der Waals surface area (Å²) in [7, 11) is 2.30. The minimum Gasteiger partial charge on any atom is -0.329 e. The first kappa shape index (κ1) is 11.4. The molecule has 0 heterocycles. The molecular formula is C13H26N2. The number of hydrogen-bond acceptors (Lipinski definition) is 2. The second-order valence-electron chi connectivity index (χ2n) is 5.78. The number of likely N-dealkylation sites (N-methyl/N-ethyl adjacent to an activating group) is 1. The molecule has 2 N–H and O–H groups in total. The molecule has 0 aromatic heterocycles. The largest absolute Gasteiger partial charge is 0.329 e. The highest BCUT2D eigenvalue weighted by Gasteiger charge is 2.43. The monoisotopic (exact) mass is 210 g/mol. The fraction of sp³-hybridized carbons (Fsp3) is 1.00. The molecule has 0 saturated heterocycles. The molecule has 15 heavy (non-hydrogen) atoms. The topological polar surface area (TPSA) is 29.3 Å². The van der Waals surface area contributed by atoms with Crippen LogP contribution in [-0.2, 0) is 0 Å². The lowest BCUT2D eigenvalue weighted by Crippen LogP contribution is -2.55. The summed E-state index contributed by atoms with van der Waals surface area (Å²) >= 11 is 0. The standard InChI is InChI=1S/C13H26N2/c1-11-5-4-8-13(11,10-14)15(2)9-12-6-3-7-12/h11-12H,3-10,14H2,1-2H3. The van der Waals surface area contributed by atoms with Crippen molar-refractivity contribution in [2.45, 2.75) is 51.0 Å². The Balaban J connectivity index is 1.97. The Bertz CT molecular complexity index is 213. The fourth-order valence-corrected chi connectivity index (χ4v) is 3.50. The maximum absolute atomic E-state index is 6.05. The Morgan fingerprint density at radius 2 is 2.00 bits per heavy atom. The molecule has 2 aliphatic carbocycles. The van der Waals surface area contributed by atoms with Gasteiger partial charge < -0.3 is 5.73 Å². The Morgan fingerprint density at radius 3 is 2.40 bits per heavy atom. The van der Waals surface area contributed by atoms with Crippen LogP contribution in [0.5, 0.6) is 0 Å². The summed E-state index contributed by atoms with van der Waals surface area (Å²) in [6, 6.07) is 0. The van der Waals surface area contributed by atoms with Gasteiger partial charge in [0, 0.05) is 18.6 Å². The molecule has 2 unspecified atom stereocenters. The first-order chi connectivity index (χ1) is 7.19. The molecule has 88 valence electrons. The van der Waals surface area contributed by atoms with Crippen LogP contribution in [0.2, 0.25) is 0 Å². The highest BCUT2D eigenvalue weighted by Crippen LogP contribution is 2.40. The molecule has 0 amide bonds. The van der Waals surface area contributed by atoms with Crippen molar-refractivity contribution in [3.8, 4) is 0 Å². The van der Waals surface area contributed by atoms with E-state index >= 15 is 0 Å². The van der Waals surface area contributed by atoms with E-state index in [9.17, 15) is 0 Å². The van der Waals surface area contributed by atoms with Crippen LogP contribution in [0.25, 0.3) is 0 Å². The van der Waals surface area contributed by atoms with Gasteiger partial charge in [-0.05, 0) is 44.6 Å². The van der Waals surface area contributed by atoms with Crippen LogP contribution in [0.15, 0.2) is 0 Å². The average Bonchev–Trinajstić information content (AvgIpc) is 2.54. The smallest absolute Gasteiger partial charge is 0.0354 e. The van der Waals surface area contributed by atoms with Crippen LogP contribution in [0.1, 0.15) is 45.4 Å². The minimum atomic E-state index is 0.329. The van der Waals surface area contributed by atoms with Gasteiger partial charge in [0.1, 0.15) is 0 Å². The highest BCUT2D eigenvalue weighted by atomic mass is 15.2. The van der Waals surface area contributed by atoms with Gasteiger partial charge in [-0.3, -0.25) is 4.90 Å². The molecule has 2 heteroatoms. The molecule has 0 aliphatic heterocycles. The summed E-state index contributed by atoms with van der Waals surface area (Å²) in [5, 5.41) is 0. The second-order valence-corrected chi connectivity index (χ2v) is 5.78. The van der Waals surface area contributed by atoms with Crippen LogP contribution < -0.4 is 5.73 Å². The van der Waals surface area contributed by atoms with Crippen molar-refractivity contribution >= 4 is 0 Å². The van der Waals surface area contributed by atoms with E-state index in [0.717, 1.165) is 18.4 Å². The van der Waals surface area contributed by atoms with E-state index in [2.05, 4.69) is 18.9 Å². The maximum atomic E-state index is 6.05. The molecule has 2 fully saturated rings. The van der Waals surface area contributed by atoms with Gasteiger partial charge in [0.25, 0.3) is 0 Å². The molecule has 0 aromatic rings. The summed E-state index contributed by atoms with van der Waals surface area (Å²) < 4.78 is 0. The summed E-state index contributed by atoms with van der Waals surface area (Å²) in [5.74, 6) is 1.75. The Morgan fingerprint density at radius 1 is 1.27 bits per heavy atom. The predicted molar refractivity (Wildman–Crippen MR) is 64.8 cm³/mol. The third kappa shape index (κ3) is 1.94. The molecular weight excluding hydrogens is 184 g/mol. The molecule has 2 aliphatic rings. The van der Waals surface area contributed by atoms with E-state index in [-0.39, 0.29) is 0 Å². The lowest BCUT2D eigenvalue weighted by molar-refractivity contribution is 0.0594. The van der Waals surface area contributed by atoms with Crippen molar-refractivity contribution in [2.75, 3.05) is 20.1 Å². The van der Waals surface area contributed by atoms with E-state index in [1.165, 1.54) is 45.1 Å². The van der Waals surface area contributed by atoms with Crippen LogP contribution >= 0.6 is 0 Å². The number of hydrogen-bond donors (Lipinski definition) is 1. The van der Waals surface area contributed by atoms with Gasteiger partial charge >= 0.3 is 0 Å². The Hall–Kier alpha value is -0.0800. The zero-order valence-electron chi connectivity index (χ0n) is 10.3. The summed E-state index contributed by atoms with van der Waals surface area (Å²) in [6.07, 6.45) is 8.38. The zero-order valence-corrected chi connectivity index (χ0v) is 10.3. The van der Waals surface area contributed by atoms with Gasteiger partial charge in [-0.2, -0.15) is 0 Å². The molecule has 2 saturated carbocycles. The van der Waals surface area contributed by atoms with Crippen LogP contribution in [-0.4, -0.2) is 30.6 Å². The van der Waals surface area contributed by atoms with E-state index in [0.29, 0.717) is 5.54 Å². The second kappa shape index (κ2) is 4.42. The normalized spacial score (nSPS) is 37.2. The third-order valence-corrected chi connectivity index (χ3v) is 5.03. The average molecular weight is 210 g/mol. The minimum absolute atomic E-state index is 0.329. The molecule has 0 spiro atoms. The van der Waals surface area contributed by atoms with Gasteiger partial charge in [0.05, 0.1) is 0 Å². The van der Waals surface area contributed by atoms with Crippen LogP contribution in [0, 0.1) is 11.8 Å². The van der Waals surface area contributed by atoms with Gasteiger partial charge in [0.15, 0.2) is 0 Å². The molecule has 0 radical (unpaired) electrons. The van der Waals surface area contributed by atoms with Crippen LogP contribution in [0.4, 0.5) is 0 Å². The molecule has 2 nitrogen and oxygen atoms in total. The van der Waals surface area contributed by atoms with Crippen molar-refractivity contribution in [1.82, 2.24) is 4.90 Å². The lowest BCUT2D eigenvalue weighted by Gasteiger charge is -2.44. The van der Waals surface area contributed by atoms with Crippen molar-refractivity contribution in [3.63, 3.8) is 0 Å². The van der Waals surface area contributed by atoms with E-state index < -0.39 is 0 Å². The van der Waals surface area contributed by atoms with E-state index in [1.54, 1.807) is 0 Å². The summed E-state index contributed by atoms with van der Waals surface area (Å²) in [4.78, 5) is 2.59. The van der Waals surface area contributed by atoms with Crippen molar-refractivity contribution < 1.29 is 0 Å². The van der Waals surface area contributed by atoms with Gasteiger partial charge in [0.2, 0.25) is 0 Å². The first-order valence-electron chi connectivity index (χ1n) is 6.60. The van der Waals surface area contributed by atoms with Gasteiger partial charge in [-0.15, -0.1) is 0 Å². The third-order valence-electron chi connectivity index (χ3n) is 5.03. The lowest BCUT2D eigenvalue weighted by atomic mass is 9.81. The SMILES string of the molecule is CC1CCCC1(CN)N(C)CC1CCC1. The first-order valence-corrected chi connectivity index (χ1v) is 6.60. The highest BCUT2D eigenvalue weighted by molar-refractivity contribution is 4.99. The molecule has 2 atom stereocenters. The molecule has 0 bridgehead atoms. The maximum Gasteiger partial charge on any atom is 0.0354 e.